The third-order valence-corrected chi connectivity index (χ3v) is 5.29. The van der Waals surface area contributed by atoms with E-state index in [2.05, 4.69) is 61.3 Å². The van der Waals surface area contributed by atoms with E-state index in [1.54, 1.807) is 0 Å². The van der Waals surface area contributed by atoms with Crippen LogP contribution < -0.4 is 5.32 Å². The lowest BCUT2D eigenvalue weighted by Gasteiger charge is -2.41. The molecule has 0 aromatic heterocycles. The number of nitrogens with zero attached hydrogens (tertiary/aromatic N) is 1. The highest BCUT2D eigenvalue weighted by Crippen LogP contribution is 2.24. The third-order valence-electron chi connectivity index (χ3n) is 5.29. The molecule has 0 bridgehead atoms. The van der Waals surface area contributed by atoms with Crippen molar-refractivity contribution in [3.8, 4) is 0 Å². The average Bonchev–Trinajstić information content (AvgIpc) is 2.59. The zero-order chi connectivity index (χ0) is 16.7. The number of nitrogens with one attached hydrogen (secondary N) is 1. The Morgan fingerprint density at radius 3 is 2.57 bits per heavy atom. The Morgan fingerprint density at radius 2 is 1.91 bits per heavy atom. The van der Waals surface area contributed by atoms with E-state index in [-0.39, 0.29) is 6.10 Å². The number of piperidine rings is 1. The van der Waals surface area contributed by atoms with Gasteiger partial charge in [0.05, 0.1) is 6.10 Å². The first kappa shape index (κ1) is 18.4. The molecule has 1 aromatic carbocycles. The molecule has 4 unspecified atom stereocenters. The number of aliphatic hydroxyl groups is 1. The number of rotatable bonds is 8. The van der Waals surface area contributed by atoms with Crippen LogP contribution in [0.25, 0.3) is 0 Å². The molecule has 23 heavy (non-hydrogen) atoms. The minimum Gasteiger partial charge on any atom is -0.393 e. The van der Waals surface area contributed by atoms with Crippen molar-refractivity contribution < 1.29 is 5.11 Å². The molecule has 4 atom stereocenters. The normalized spacial score (nSPS) is 25.2. The topological polar surface area (TPSA) is 35.5 Å². The van der Waals surface area contributed by atoms with E-state index in [1.165, 1.54) is 18.4 Å². The molecule has 3 nitrogen and oxygen atoms in total. The molecule has 2 N–H and O–H groups in total. The Bertz CT molecular complexity index is 437. The SMILES string of the molecule is CCC(O)CC1CC(NCc2ccccc2)CN(C(C)CC)C1. The zero-order valence-electron chi connectivity index (χ0n) is 15.0. The van der Waals surface area contributed by atoms with Gasteiger partial charge in [-0.2, -0.15) is 0 Å². The molecular weight excluding hydrogens is 284 g/mol. The fourth-order valence-electron chi connectivity index (χ4n) is 3.59. The summed E-state index contributed by atoms with van der Waals surface area (Å²) < 4.78 is 0. The Hall–Kier alpha value is -0.900. The molecule has 130 valence electrons. The number of aliphatic hydroxyl groups excluding tert-OH is 1. The zero-order valence-corrected chi connectivity index (χ0v) is 15.0. The minimum atomic E-state index is -0.147. The van der Waals surface area contributed by atoms with Gasteiger partial charge >= 0.3 is 0 Å². The van der Waals surface area contributed by atoms with Crippen LogP contribution in [0.1, 0.15) is 52.0 Å². The molecular formula is C20H34N2O. The molecule has 1 aliphatic heterocycles. The molecule has 1 fully saturated rings. The van der Waals surface area contributed by atoms with Gasteiger partial charge < -0.3 is 10.4 Å². The van der Waals surface area contributed by atoms with Crippen molar-refractivity contribution in [2.45, 2.75) is 71.2 Å². The van der Waals surface area contributed by atoms with E-state index >= 15 is 0 Å². The average molecular weight is 319 g/mol. The highest BCUT2D eigenvalue weighted by molar-refractivity contribution is 5.14. The summed E-state index contributed by atoms with van der Waals surface area (Å²) in [7, 11) is 0. The fourth-order valence-corrected chi connectivity index (χ4v) is 3.59. The standard InChI is InChI=1S/C20H34N2O/c1-4-16(3)22-14-18(12-20(23)5-2)11-19(15-22)21-13-17-9-7-6-8-10-17/h6-10,16,18-21,23H,4-5,11-15H2,1-3H3. The first-order valence-electron chi connectivity index (χ1n) is 9.31. The van der Waals surface area contributed by atoms with Crippen LogP contribution in [-0.2, 0) is 6.54 Å². The minimum absolute atomic E-state index is 0.147. The van der Waals surface area contributed by atoms with Crippen molar-refractivity contribution in [3.05, 3.63) is 35.9 Å². The van der Waals surface area contributed by atoms with Gasteiger partial charge in [0, 0.05) is 31.7 Å². The first-order valence-corrected chi connectivity index (χ1v) is 9.31. The lowest BCUT2D eigenvalue weighted by Crippen LogP contribution is -2.52. The van der Waals surface area contributed by atoms with Gasteiger partial charge in [-0.1, -0.05) is 44.2 Å². The Balaban J connectivity index is 1.93. The molecule has 0 saturated carbocycles. The lowest BCUT2D eigenvalue weighted by atomic mass is 9.88. The quantitative estimate of drug-likeness (QED) is 0.771. The third kappa shape index (κ3) is 5.91. The molecule has 0 radical (unpaired) electrons. The molecule has 0 amide bonds. The van der Waals surface area contributed by atoms with E-state index in [0.717, 1.165) is 32.5 Å². The summed E-state index contributed by atoms with van der Waals surface area (Å²) in [6, 6.07) is 11.8. The van der Waals surface area contributed by atoms with E-state index in [1.807, 2.05) is 0 Å². The van der Waals surface area contributed by atoms with Crippen molar-refractivity contribution in [2.24, 2.45) is 5.92 Å². The number of likely N-dealkylation sites (tertiary alicyclic amines) is 1. The van der Waals surface area contributed by atoms with Gasteiger partial charge in [-0.05, 0) is 44.1 Å². The predicted octanol–water partition coefficient (Wildman–Crippen LogP) is 3.43. The second-order valence-corrected chi connectivity index (χ2v) is 7.17. The van der Waals surface area contributed by atoms with Crippen LogP contribution in [0.15, 0.2) is 30.3 Å². The van der Waals surface area contributed by atoms with Crippen LogP contribution in [0.4, 0.5) is 0 Å². The summed E-state index contributed by atoms with van der Waals surface area (Å²) in [5, 5.41) is 13.8. The maximum atomic E-state index is 10.0. The van der Waals surface area contributed by atoms with Gasteiger partial charge in [-0.15, -0.1) is 0 Å². The second kappa shape index (κ2) is 9.41. The maximum Gasteiger partial charge on any atom is 0.0540 e. The van der Waals surface area contributed by atoms with E-state index in [0.29, 0.717) is 18.0 Å². The van der Waals surface area contributed by atoms with Gasteiger partial charge in [0.15, 0.2) is 0 Å². The molecule has 0 spiro atoms. The second-order valence-electron chi connectivity index (χ2n) is 7.17. The van der Waals surface area contributed by atoms with E-state index in [9.17, 15) is 5.11 Å². The summed E-state index contributed by atoms with van der Waals surface area (Å²) in [5.41, 5.74) is 1.35. The molecule has 1 heterocycles. The highest BCUT2D eigenvalue weighted by atomic mass is 16.3. The van der Waals surface area contributed by atoms with Gasteiger partial charge in [-0.25, -0.2) is 0 Å². The summed E-state index contributed by atoms with van der Waals surface area (Å²) >= 11 is 0. The Kier molecular flexibility index (Phi) is 7.54. The van der Waals surface area contributed by atoms with Gasteiger partial charge in [0.1, 0.15) is 0 Å². The summed E-state index contributed by atoms with van der Waals surface area (Å²) in [6.45, 7) is 9.86. The monoisotopic (exact) mass is 318 g/mol. The molecule has 1 saturated heterocycles. The number of benzene rings is 1. The van der Waals surface area contributed by atoms with Crippen LogP contribution in [0, 0.1) is 5.92 Å². The highest BCUT2D eigenvalue weighted by Gasteiger charge is 2.29. The van der Waals surface area contributed by atoms with Crippen LogP contribution in [-0.4, -0.2) is 41.3 Å². The van der Waals surface area contributed by atoms with E-state index < -0.39 is 0 Å². The van der Waals surface area contributed by atoms with Crippen molar-refractivity contribution in [3.63, 3.8) is 0 Å². The molecule has 1 aromatic rings. The van der Waals surface area contributed by atoms with Crippen LogP contribution in [0.5, 0.6) is 0 Å². The van der Waals surface area contributed by atoms with Crippen molar-refractivity contribution in [1.82, 2.24) is 10.2 Å². The largest absolute Gasteiger partial charge is 0.393 e. The summed E-state index contributed by atoms with van der Waals surface area (Å²) in [6.07, 6.45) is 4.02. The van der Waals surface area contributed by atoms with Crippen LogP contribution in [0.2, 0.25) is 0 Å². The van der Waals surface area contributed by atoms with Gasteiger partial charge in [0.2, 0.25) is 0 Å². The fraction of sp³-hybridized carbons (Fsp3) is 0.700. The van der Waals surface area contributed by atoms with E-state index in [4.69, 9.17) is 0 Å². The first-order chi connectivity index (χ1) is 11.1. The van der Waals surface area contributed by atoms with Crippen molar-refractivity contribution in [2.75, 3.05) is 13.1 Å². The Labute approximate surface area is 142 Å². The number of hydrogen-bond donors (Lipinski definition) is 2. The molecule has 0 aliphatic carbocycles. The van der Waals surface area contributed by atoms with Gasteiger partial charge in [0.25, 0.3) is 0 Å². The van der Waals surface area contributed by atoms with Crippen molar-refractivity contribution >= 4 is 0 Å². The lowest BCUT2D eigenvalue weighted by molar-refractivity contribution is 0.0642. The predicted molar refractivity (Wildman–Crippen MR) is 97.4 cm³/mol. The van der Waals surface area contributed by atoms with Crippen LogP contribution in [0.3, 0.4) is 0 Å². The molecule has 1 aliphatic rings. The van der Waals surface area contributed by atoms with Crippen LogP contribution >= 0.6 is 0 Å². The maximum absolute atomic E-state index is 10.0. The van der Waals surface area contributed by atoms with Crippen molar-refractivity contribution in [1.29, 1.82) is 0 Å². The Morgan fingerprint density at radius 1 is 1.17 bits per heavy atom. The molecule has 2 rings (SSSR count). The molecule has 3 heteroatoms. The summed E-state index contributed by atoms with van der Waals surface area (Å²) in [5.74, 6) is 0.598. The number of hydrogen-bond acceptors (Lipinski definition) is 3. The summed E-state index contributed by atoms with van der Waals surface area (Å²) in [4.78, 5) is 2.61. The van der Waals surface area contributed by atoms with Gasteiger partial charge in [-0.3, -0.25) is 4.90 Å². The smallest absolute Gasteiger partial charge is 0.0540 e.